The summed E-state index contributed by atoms with van der Waals surface area (Å²) in [5.74, 6) is -0.519. The molecule has 20 heavy (non-hydrogen) atoms. The molecule has 2 aromatic heterocycles. The summed E-state index contributed by atoms with van der Waals surface area (Å²) in [5, 5.41) is 8.91. The predicted octanol–water partition coefficient (Wildman–Crippen LogP) is 3.02. The van der Waals surface area contributed by atoms with Crippen molar-refractivity contribution in [2.24, 2.45) is 0 Å². The van der Waals surface area contributed by atoms with E-state index in [-0.39, 0.29) is 11.6 Å². The molecule has 1 aromatic carbocycles. The monoisotopic (exact) mass is 270 g/mol. The Bertz CT molecular complexity index is 777. The molecule has 0 aliphatic heterocycles. The fourth-order valence-electron chi connectivity index (χ4n) is 1.70. The average molecular weight is 270 g/mol. The molecule has 6 heteroatoms. The highest BCUT2D eigenvalue weighted by molar-refractivity contribution is 5.91. The van der Waals surface area contributed by atoms with E-state index in [0.29, 0.717) is 16.8 Å². The second kappa shape index (κ2) is 4.65. The first-order chi connectivity index (χ1) is 9.61. The fraction of sp³-hybridized carbons (Fsp3) is 0.0714. The molecule has 0 spiro atoms. The number of carboxylic acid groups (broad SMARTS) is 1. The van der Waals surface area contributed by atoms with Crippen LogP contribution in [0.5, 0.6) is 11.8 Å². The van der Waals surface area contributed by atoms with Crippen LogP contribution in [0.4, 0.5) is 0 Å². The van der Waals surface area contributed by atoms with Gasteiger partial charge in [0.1, 0.15) is 5.52 Å². The summed E-state index contributed by atoms with van der Waals surface area (Å²) in [6.45, 7) is 1.87. The van der Waals surface area contributed by atoms with Crippen LogP contribution >= 0.6 is 0 Å². The number of carboxylic acids is 1. The quantitative estimate of drug-likeness (QED) is 0.787. The van der Waals surface area contributed by atoms with Gasteiger partial charge in [-0.1, -0.05) is 0 Å². The van der Waals surface area contributed by atoms with Gasteiger partial charge in [0.05, 0.1) is 11.8 Å². The molecule has 2 heterocycles. The molecule has 0 radical (unpaired) electrons. The van der Waals surface area contributed by atoms with Gasteiger partial charge in [-0.25, -0.2) is 4.79 Å². The Morgan fingerprint density at radius 1 is 1.30 bits per heavy atom. The van der Waals surface area contributed by atoms with E-state index in [1.807, 2.05) is 6.92 Å². The number of aromatic carboxylic acids is 1. The Kier molecular flexibility index (Phi) is 2.83. The summed E-state index contributed by atoms with van der Waals surface area (Å²) < 4.78 is 10.8. The standard InChI is InChI=1S/C14H10N2O4/c1-8-2-4-10(7-15-8)19-14-16-11-5-3-9(13(17)18)6-12(11)20-14/h2-7H,1H3,(H,17,18). The predicted molar refractivity (Wildman–Crippen MR) is 70.0 cm³/mol. The van der Waals surface area contributed by atoms with E-state index in [1.165, 1.54) is 12.1 Å². The molecule has 100 valence electrons. The first-order valence-electron chi connectivity index (χ1n) is 5.86. The number of carbonyl (C=O) groups is 1. The van der Waals surface area contributed by atoms with Gasteiger partial charge in [0.25, 0.3) is 0 Å². The van der Waals surface area contributed by atoms with Crippen molar-refractivity contribution >= 4 is 17.1 Å². The molecule has 0 fully saturated rings. The minimum Gasteiger partial charge on any atom is -0.478 e. The Hall–Kier alpha value is -2.89. The van der Waals surface area contributed by atoms with E-state index in [4.69, 9.17) is 14.3 Å². The molecule has 6 nitrogen and oxygen atoms in total. The Balaban J connectivity index is 1.92. The van der Waals surface area contributed by atoms with Crippen LogP contribution in [-0.4, -0.2) is 21.0 Å². The van der Waals surface area contributed by atoms with Crippen molar-refractivity contribution in [1.82, 2.24) is 9.97 Å². The van der Waals surface area contributed by atoms with Crippen LogP contribution in [0.2, 0.25) is 0 Å². The van der Waals surface area contributed by atoms with Gasteiger partial charge in [0, 0.05) is 5.69 Å². The Morgan fingerprint density at radius 3 is 2.85 bits per heavy atom. The number of oxazole rings is 1. The van der Waals surface area contributed by atoms with E-state index < -0.39 is 5.97 Å². The molecule has 0 bridgehead atoms. The Labute approximate surface area is 113 Å². The second-order valence-corrected chi connectivity index (χ2v) is 4.20. The molecule has 0 unspecified atom stereocenters. The molecule has 0 amide bonds. The molecule has 3 rings (SSSR count). The zero-order chi connectivity index (χ0) is 14.1. The van der Waals surface area contributed by atoms with Gasteiger partial charge in [-0.2, -0.15) is 4.98 Å². The zero-order valence-electron chi connectivity index (χ0n) is 10.5. The highest BCUT2D eigenvalue weighted by Gasteiger charge is 2.11. The van der Waals surface area contributed by atoms with E-state index >= 15 is 0 Å². The lowest BCUT2D eigenvalue weighted by molar-refractivity contribution is 0.0697. The molecule has 3 aromatic rings. The van der Waals surface area contributed by atoms with E-state index in [9.17, 15) is 4.79 Å². The van der Waals surface area contributed by atoms with E-state index in [0.717, 1.165) is 5.69 Å². The minimum atomic E-state index is -1.02. The highest BCUT2D eigenvalue weighted by atomic mass is 16.6. The van der Waals surface area contributed by atoms with Crippen molar-refractivity contribution < 1.29 is 19.1 Å². The summed E-state index contributed by atoms with van der Waals surface area (Å²) in [4.78, 5) is 19.1. The van der Waals surface area contributed by atoms with Crippen LogP contribution in [0, 0.1) is 6.92 Å². The molecule has 0 aliphatic rings. The Morgan fingerprint density at radius 2 is 2.15 bits per heavy atom. The summed E-state index contributed by atoms with van der Waals surface area (Å²) in [6.07, 6.45) is 1.61. The summed E-state index contributed by atoms with van der Waals surface area (Å²) in [7, 11) is 0. The van der Waals surface area contributed by atoms with Crippen LogP contribution in [0.3, 0.4) is 0 Å². The first-order valence-corrected chi connectivity index (χ1v) is 5.86. The third-order valence-electron chi connectivity index (χ3n) is 2.71. The molecule has 0 aliphatic carbocycles. The normalized spacial score (nSPS) is 10.7. The molecular weight excluding hydrogens is 260 g/mol. The smallest absolute Gasteiger partial charge is 0.400 e. The van der Waals surface area contributed by atoms with Crippen LogP contribution in [0.15, 0.2) is 40.9 Å². The number of hydrogen-bond acceptors (Lipinski definition) is 5. The van der Waals surface area contributed by atoms with Crippen molar-refractivity contribution in [3.8, 4) is 11.8 Å². The van der Waals surface area contributed by atoms with Gasteiger partial charge in [0.15, 0.2) is 11.3 Å². The number of rotatable bonds is 3. The fourth-order valence-corrected chi connectivity index (χ4v) is 1.70. The summed E-state index contributed by atoms with van der Waals surface area (Å²) in [5.41, 5.74) is 1.91. The highest BCUT2D eigenvalue weighted by Crippen LogP contribution is 2.25. The average Bonchev–Trinajstić information content (AvgIpc) is 2.82. The van der Waals surface area contributed by atoms with Crippen molar-refractivity contribution in [2.45, 2.75) is 6.92 Å². The van der Waals surface area contributed by atoms with Gasteiger partial charge < -0.3 is 14.3 Å². The molecule has 1 N–H and O–H groups in total. The number of fused-ring (bicyclic) bond motifs is 1. The van der Waals surface area contributed by atoms with Gasteiger partial charge in [0.2, 0.25) is 0 Å². The lowest BCUT2D eigenvalue weighted by Gasteiger charge is -1.99. The van der Waals surface area contributed by atoms with Crippen LogP contribution in [-0.2, 0) is 0 Å². The second-order valence-electron chi connectivity index (χ2n) is 4.20. The largest absolute Gasteiger partial charge is 0.478 e. The van der Waals surface area contributed by atoms with Gasteiger partial charge in [-0.15, -0.1) is 0 Å². The van der Waals surface area contributed by atoms with Crippen LogP contribution < -0.4 is 4.74 Å². The molecule has 0 saturated carbocycles. The van der Waals surface area contributed by atoms with Crippen molar-refractivity contribution in [3.63, 3.8) is 0 Å². The lowest BCUT2D eigenvalue weighted by atomic mass is 10.2. The number of hydrogen-bond donors (Lipinski definition) is 1. The zero-order valence-corrected chi connectivity index (χ0v) is 10.5. The minimum absolute atomic E-state index is 0.0493. The van der Waals surface area contributed by atoms with Crippen molar-refractivity contribution in [3.05, 3.63) is 47.8 Å². The van der Waals surface area contributed by atoms with Crippen LogP contribution in [0.25, 0.3) is 11.1 Å². The van der Waals surface area contributed by atoms with E-state index in [2.05, 4.69) is 9.97 Å². The maximum absolute atomic E-state index is 10.9. The topological polar surface area (TPSA) is 85.5 Å². The number of benzene rings is 1. The molecule has 0 atom stereocenters. The van der Waals surface area contributed by atoms with Gasteiger partial charge in [-0.05, 0) is 37.3 Å². The van der Waals surface area contributed by atoms with Crippen molar-refractivity contribution in [1.29, 1.82) is 0 Å². The number of pyridine rings is 1. The number of ether oxygens (including phenoxy) is 1. The first kappa shape index (κ1) is 12.2. The number of aromatic nitrogens is 2. The third-order valence-corrected chi connectivity index (χ3v) is 2.71. The van der Waals surface area contributed by atoms with E-state index in [1.54, 1.807) is 24.4 Å². The van der Waals surface area contributed by atoms with Crippen molar-refractivity contribution in [2.75, 3.05) is 0 Å². The number of nitrogens with zero attached hydrogens (tertiary/aromatic N) is 2. The SMILES string of the molecule is Cc1ccc(Oc2nc3ccc(C(=O)O)cc3o2)cn1. The molecular formula is C14H10N2O4. The van der Waals surface area contributed by atoms with Gasteiger partial charge >= 0.3 is 12.0 Å². The summed E-state index contributed by atoms with van der Waals surface area (Å²) >= 11 is 0. The third kappa shape index (κ3) is 2.31. The maximum atomic E-state index is 10.9. The lowest BCUT2D eigenvalue weighted by Crippen LogP contribution is -1.94. The molecule has 0 saturated heterocycles. The maximum Gasteiger partial charge on any atom is 0.400 e. The summed E-state index contributed by atoms with van der Waals surface area (Å²) in [6, 6.07) is 8.00. The number of aryl methyl sites for hydroxylation is 1. The van der Waals surface area contributed by atoms with Crippen LogP contribution in [0.1, 0.15) is 16.1 Å². The van der Waals surface area contributed by atoms with Gasteiger partial charge in [-0.3, -0.25) is 4.98 Å².